The molecule has 6 nitrogen and oxygen atoms in total. The quantitative estimate of drug-likeness (QED) is 0.732. The van der Waals surface area contributed by atoms with Crippen LogP contribution in [0.15, 0.2) is 47.4 Å². The van der Waals surface area contributed by atoms with Crippen LogP contribution in [0.3, 0.4) is 0 Å². The van der Waals surface area contributed by atoms with E-state index in [9.17, 15) is 17.6 Å². The molecule has 2 aliphatic heterocycles. The van der Waals surface area contributed by atoms with Crippen LogP contribution < -0.4 is 4.72 Å². The van der Waals surface area contributed by atoms with Gasteiger partial charge in [0.2, 0.25) is 15.9 Å². The van der Waals surface area contributed by atoms with Crippen molar-refractivity contribution in [2.75, 3.05) is 26.2 Å². The van der Waals surface area contributed by atoms with E-state index in [0.29, 0.717) is 19.1 Å². The first kappa shape index (κ1) is 21.2. The molecule has 2 aromatic carbocycles. The third-order valence-electron chi connectivity index (χ3n) is 5.72. The van der Waals surface area contributed by atoms with Gasteiger partial charge in [0.25, 0.3) is 0 Å². The molecular weight excluding hydrogens is 429 g/mol. The number of nitrogens with zero attached hydrogens (tertiary/aromatic N) is 2. The summed E-state index contributed by atoms with van der Waals surface area (Å²) in [6, 6.07) is 12.0. The standard InChI is InChI=1S/C21H23ClFN3O3S/c22-19-11-18(5-6-20(19)23)30(28,29)24-9-7-21(27)26-13-17(14-26)25-10-8-15-3-1-2-4-16(15)12-25/h1-6,11,17,24H,7-10,12-14H2. The van der Waals surface area contributed by atoms with Gasteiger partial charge in [-0.15, -0.1) is 0 Å². The largest absolute Gasteiger partial charge is 0.339 e. The van der Waals surface area contributed by atoms with E-state index in [4.69, 9.17) is 11.6 Å². The molecule has 0 unspecified atom stereocenters. The summed E-state index contributed by atoms with van der Waals surface area (Å²) >= 11 is 5.65. The zero-order chi connectivity index (χ0) is 21.3. The zero-order valence-corrected chi connectivity index (χ0v) is 17.9. The van der Waals surface area contributed by atoms with Gasteiger partial charge in [-0.2, -0.15) is 0 Å². The summed E-state index contributed by atoms with van der Waals surface area (Å²) in [4.78, 5) is 16.4. The molecule has 0 spiro atoms. The minimum atomic E-state index is -3.85. The molecule has 2 aliphatic rings. The van der Waals surface area contributed by atoms with Gasteiger partial charge in [0.1, 0.15) is 5.82 Å². The van der Waals surface area contributed by atoms with E-state index in [1.807, 2.05) is 0 Å². The smallest absolute Gasteiger partial charge is 0.240 e. The SMILES string of the molecule is O=C(CCNS(=O)(=O)c1ccc(F)c(Cl)c1)N1CC(N2CCc3ccccc3C2)C1. The van der Waals surface area contributed by atoms with Gasteiger partial charge < -0.3 is 4.90 Å². The summed E-state index contributed by atoms with van der Waals surface area (Å²) in [6.07, 6.45) is 1.10. The van der Waals surface area contributed by atoms with Crippen LogP contribution in [0.5, 0.6) is 0 Å². The number of fused-ring (bicyclic) bond motifs is 1. The van der Waals surface area contributed by atoms with Gasteiger partial charge in [0.15, 0.2) is 0 Å². The van der Waals surface area contributed by atoms with E-state index in [-0.39, 0.29) is 28.8 Å². The Kier molecular flexibility index (Phi) is 6.11. The van der Waals surface area contributed by atoms with Crippen LogP contribution in [0.2, 0.25) is 5.02 Å². The van der Waals surface area contributed by atoms with Crippen LogP contribution >= 0.6 is 11.6 Å². The van der Waals surface area contributed by atoms with Crippen LogP contribution in [0, 0.1) is 5.82 Å². The third kappa shape index (κ3) is 4.51. The Bertz CT molecular complexity index is 1060. The summed E-state index contributed by atoms with van der Waals surface area (Å²) < 4.78 is 40.1. The van der Waals surface area contributed by atoms with Gasteiger partial charge in [-0.25, -0.2) is 17.5 Å². The van der Waals surface area contributed by atoms with Crippen LogP contribution in [-0.4, -0.2) is 56.3 Å². The van der Waals surface area contributed by atoms with E-state index in [1.54, 1.807) is 4.90 Å². The third-order valence-corrected chi connectivity index (χ3v) is 7.47. The summed E-state index contributed by atoms with van der Waals surface area (Å²) in [5.74, 6) is -0.765. The molecule has 1 amide bonds. The first-order valence-electron chi connectivity index (χ1n) is 9.87. The molecule has 0 bridgehead atoms. The molecule has 2 aromatic rings. The zero-order valence-electron chi connectivity index (χ0n) is 16.4. The minimum Gasteiger partial charge on any atom is -0.339 e. The Morgan fingerprint density at radius 2 is 1.90 bits per heavy atom. The lowest BCUT2D eigenvalue weighted by Gasteiger charge is -2.47. The maximum atomic E-state index is 13.2. The summed E-state index contributed by atoms with van der Waals surface area (Å²) in [6.45, 7) is 3.21. The van der Waals surface area contributed by atoms with Crippen molar-refractivity contribution in [3.05, 3.63) is 64.4 Å². The van der Waals surface area contributed by atoms with Crippen molar-refractivity contribution < 1.29 is 17.6 Å². The average Bonchev–Trinajstić information content (AvgIpc) is 2.68. The highest BCUT2D eigenvalue weighted by Crippen LogP contribution is 2.24. The van der Waals surface area contributed by atoms with Crippen molar-refractivity contribution in [1.29, 1.82) is 0 Å². The van der Waals surface area contributed by atoms with Crippen molar-refractivity contribution in [2.45, 2.75) is 30.3 Å². The molecule has 0 aromatic heterocycles. The topological polar surface area (TPSA) is 69.7 Å². The van der Waals surface area contributed by atoms with E-state index < -0.39 is 15.8 Å². The van der Waals surface area contributed by atoms with Crippen molar-refractivity contribution in [3.8, 4) is 0 Å². The highest BCUT2D eigenvalue weighted by molar-refractivity contribution is 7.89. The Balaban J connectivity index is 1.23. The second-order valence-corrected chi connectivity index (χ2v) is 9.84. The van der Waals surface area contributed by atoms with Crippen molar-refractivity contribution >= 4 is 27.5 Å². The number of sulfonamides is 1. The molecule has 1 fully saturated rings. The van der Waals surface area contributed by atoms with Gasteiger partial charge in [-0.05, 0) is 35.7 Å². The number of benzene rings is 2. The fourth-order valence-corrected chi connectivity index (χ4v) is 5.20. The molecule has 0 saturated carbocycles. The number of nitrogens with one attached hydrogen (secondary N) is 1. The molecule has 1 saturated heterocycles. The van der Waals surface area contributed by atoms with Crippen molar-refractivity contribution in [1.82, 2.24) is 14.5 Å². The number of hydrogen-bond acceptors (Lipinski definition) is 4. The number of carbonyl (C=O) groups excluding carboxylic acids is 1. The van der Waals surface area contributed by atoms with Gasteiger partial charge >= 0.3 is 0 Å². The molecule has 9 heteroatoms. The number of halogens is 2. The molecule has 0 radical (unpaired) electrons. The Labute approximate surface area is 180 Å². The van der Waals surface area contributed by atoms with E-state index in [1.165, 1.54) is 11.1 Å². The minimum absolute atomic E-state index is 0.0194. The molecule has 2 heterocycles. The molecule has 0 atom stereocenters. The molecule has 160 valence electrons. The number of rotatable bonds is 6. The molecule has 30 heavy (non-hydrogen) atoms. The lowest BCUT2D eigenvalue weighted by Crippen LogP contribution is -2.61. The number of carbonyl (C=O) groups is 1. The second kappa shape index (κ2) is 8.63. The highest BCUT2D eigenvalue weighted by Gasteiger charge is 2.35. The van der Waals surface area contributed by atoms with E-state index in [2.05, 4.69) is 33.9 Å². The number of amides is 1. The van der Waals surface area contributed by atoms with Gasteiger partial charge in [-0.3, -0.25) is 9.69 Å². The summed E-state index contributed by atoms with van der Waals surface area (Å²) in [5, 5.41) is -0.263. The maximum Gasteiger partial charge on any atom is 0.240 e. The lowest BCUT2D eigenvalue weighted by atomic mass is 9.96. The van der Waals surface area contributed by atoms with Gasteiger partial charge in [0, 0.05) is 45.2 Å². The first-order chi connectivity index (χ1) is 14.3. The fraction of sp³-hybridized carbons (Fsp3) is 0.381. The van der Waals surface area contributed by atoms with E-state index >= 15 is 0 Å². The van der Waals surface area contributed by atoms with Crippen molar-refractivity contribution in [3.63, 3.8) is 0 Å². The van der Waals surface area contributed by atoms with Crippen LogP contribution in [0.1, 0.15) is 17.5 Å². The highest BCUT2D eigenvalue weighted by atomic mass is 35.5. The molecule has 4 rings (SSSR count). The van der Waals surface area contributed by atoms with Crippen LogP contribution in [0.4, 0.5) is 4.39 Å². The molecule has 1 N–H and O–H groups in total. The Hall–Kier alpha value is -2.00. The van der Waals surface area contributed by atoms with E-state index in [0.717, 1.165) is 37.7 Å². The molecule has 0 aliphatic carbocycles. The fourth-order valence-electron chi connectivity index (χ4n) is 3.90. The van der Waals surface area contributed by atoms with Gasteiger partial charge in [-0.1, -0.05) is 35.9 Å². The van der Waals surface area contributed by atoms with Crippen molar-refractivity contribution in [2.24, 2.45) is 0 Å². The van der Waals surface area contributed by atoms with Crippen LogP contribution in [-0.2, 0) is 27.8 Å². The number of hydrogen-bond donors (Lipinski definition) is 1. The monoisotopic (exact) mass is 451 g/mol. The predicted molar refractivity (Wildman–Crippen MR) is 112 cm³/mol. The molecular formula is C21H23ClFN3O3S. The van der Waals surface area contributed by atoms with Gasteiger partial charge in [0.05, 0.1) is 9.92 Å². The summed E-state index contributed by atoms with van der Waals surface area (Å²) in [5.41, 5.74) is 2.75. The summed E-state index contributed by atoms with van der Waals surface area (Å²) in [7, 11) is -3.85. The van der Waals surface area contributed by atoms with Crippen LogP contribution in [0.25, 0.3) is 0 Å². The Morgan fingerprint density at radius 1 is 1.17 bits per heavy atom. The lowest BCUT2D eigenvalue weighted by molar-refractivity contribution is -0.138. The maximum absolute atomic E-state index is 13.2. The predicted octanol–water partition coefficient (Wildman–Crippen LogP) is 2.42. The first-order valence-corrected chi connectivity index (χ1v) is 11.7. The normalized spacial score (nSPS) is 17.5. The average molecular weight is 452 g/mol. The Morgan fingerprint density at radius 3 is 2.63 bits per heavy atom. The second-order valence-electron chi connectivity index (χ2n) is 7.67. The number of likely N-dealkylation sites (tertiary alicyclic amines) is 1.